The van der Waals surface area contributed by atoms with Gasteiger partial charge >= 0.3 is 0 Å². The normalized spacial score (nSPS) is 15.8. The van der Waals surface area contributed by atoms with Crippen LogP contribution >= 0.6 is 0 Å². The van der Waals surface area contributed by atoms with E-state index in [0.717, 1.165) is 12.1 Å². The second kappa shape index (κ2) is 6.95. The summed E-state index contributed by atoms with van der Waals surface area (Å²) in [6.07, 6.45) is 0.463. The molecule has 2 aromatic rings. The smallest absolute Gasteiger partial charge is 0.125 e. The van der Waals surface area contributed by atoms with Gasteiger partial charge in [-0.25, -0.2) is 0 Å². The van der Waals surface area contributed by atoms with Gasteiger partial charge in [0.1, 0.15) is 11.9 Å². The Morgan fingerprint density at radius 2 is 2.05 bits per heavy atom. The third kappa shape index (κ3) is 3.83. The highest BCUT2D eigenvalue weighted by atomic mass is 16.5. The fraction of sp³-hybridized carbons (Fsp3) is 0.294. The molecular weight excluding hydrogens is 234 g/mol. The molecule has 0 bridgehead atoms. The Labute approximate surface area is 121 Å². The number of rotatable bonds is 6. The van der Waals surface area contributed by atoms with Crippen molar-refractivity contribution in [1.82, 2.24) is 5.32 Å². The summed E-state index contributed by atoms with van der Waals surface area (Å²) in [5.74, 6) is 0.311. The second-order valence-electron chi connectivity index (χ2n) is 4.33. The third-order valence-corrected chi connectivity index (χ3v) is 2.92. The second-order valence-corrected chi connectivity index (χ2v) is 4.33. The summed E-state index contributed by atoms with van der Waals surface area (Å²) < 4.78 is 36.7. The van der Waals surface area contributed by atoms with Crippen molar-refractivity contribution < 1.29 is 10.2 Å². The van der Waals surface area contributed by atoms with E-state index in [-0.39, 0.29) is 17.7 Å². The summed E-state index contributed by atoms with van der Waals surface area (Å²) in [5.41, 5.74) is 1.07. The molecule has 19 heavy (non-hydrogen) atoms. The number of aryl methyl sites for hydroxylation is 1. The van der Waals surface area contributed by atoms with Crippen LogP contribution in [0.15, 0.2) is 54.6 Å². The Morgan fingerprint density at radius 1 is 1.21 bits per heavy atom. The molecule has 0 spiro atoms. The molecule has 0 aliphatic carbocycles. The molecule has 0 aliphatic heterocycles. The van der Waals surface area contributed by atoms with Crippen LogP contribution in [0.5, 0.6) is 5.75 Å². The predicted molar refractivity (Wildman–Crippen MR) is 79.5 cm³/mol. The van der Waals surface area contributed by atoms with Crippen LogP contribution in [-0.2, 0) is 0 Å². The molecule has 2 aromatic carbocycles. The minimum absolute atomic E-state index is 0.0791. The molecule has 0 saturated carbocycles. The quantitative estimate of drug-likeness (QED) is 0.853. The van der Waals surface area contributed by atoms with Crippen molar-refractivity contribution in [3.8, 4) is 5.75 Å². The largest absolute Gasteiger partial charge is 0.485 e. The fourth-order valence-corrected chi connectivity index (χ4v) is 1.91. The maximum Gasteiger partial charge on any atom is 0.125 e. The van der Waals surface area contributed by atoms with Gasteiger partial charge in [0.25, 0.3) is 0 Å². The molecule has 100 valence electrons. The highest BCUT2D eigenvalue weighted by molar-refractivity contribution is 5.33. The van der Waals surface area contributed by atoms with E-state index >= 15 is 0 Å². The van der Waals surface area contributed by atoms with Gasteiger partial charge in [-0.15, -0.1) is 0 Å². The van der Waals surface area contributed by atoms with Crippen molar-refractivity contribution in [3.05, 3.63) is 65.7 Å². The minimum atomic E-state index is -2.31. The topological polar surface area (TPSA) is 21.3 Å². The van der Waals surface area contributed by atoms with Gasteiger partial charge in [-0.1, -0.05) is 48.5 Å². The molecule has 2 nitrogen and oxygen atoms in total. The first-order chi connectivity index (χ1) is 10.9. The SMILES string of the molecule is [2H]c1ccc(OC(CCNC)c2ccccc2)c(C([2H])([2H])[2H])c1. The first-order valence-electron chi connectivity index (χ1n) is 8.39. The van der Waals surface area contributed by atoms with Crippen LogP contribution in [0.4, 0.5) is 0 Å². The van der Waals surface area contributed by atoms with Crippen LogP contribution in [-0.4, -0.2) is 13.6 Å². The zero-order chi connectivity index (χ0) is 16.9. The molecule has 1 N–H and O–H groups in total. The molecule has 0 aliphatic rings. The van der Waals surface area contributed by atoms with Gasteiger partial charge < -0.3 is 10.1 Å². The van der Waals surface area contributed by atoms with Crippen molar-refractivity contribution >= 4 is 0 Å². The fourth-order valence-electron chi connectivity index (χ4n) is 1.91. The van der Waals surface area contributed by atoms with E-state index in [1.165, 1.54) is 6.07 Å². The predicted octanol–water partition coefficient (Wildman–Crippen LogP) is 3.72. The summed E-state index contributed by atoms with van der Waals surface area (Å²) in [6.45, 7) is -1.56. The van der Waals surface area contributed by atoms with Gasteiger partial charge in [-0.3, -0.25) is 0 Å². The molecule has 2 heteroatoms. The van der Waals surface area contributed by atoms with Crippen molar-refractivity contribution in [2.75, 3.05) is 13.6 Å². The highest BCUT2D eigenvalue weighted by Crippen LogP contribution is 2.26. The van der Waals surface area contributed by atoms with Crippen LogP contribution in [0, 0.1) is 6.85 Å². The Balaban J connectivity index is 2.33. The zero-order valence-corrected chi connectivity index (χ0v) is 11.0. The number of para-hydroxylation sites is 1. The van der Waals surface area contributed by atoms with E-state index in [4.69, 9.17) is 10.2 Å². The van der Waals surface area contributed by atoms with E-state index in [9.17, 15) is 0 Å². The van der Waals surface area contributed by atoms with E-state index in [2.05, 4.69) is 5.32 Å². The Bertz CT molecular complexity index is 628. The van der Waals surface area contributed by atoms with Gasteiger partial charge in [0, 0.05) is 10.5 Å². The summed E-state index contributed by atoms with van der Waals surface area (Å²) in [4.78, 5) is 0. The molecule has 0 radical (unpaired) electrons. The summed E-state index contributed by atoms with van der Waals surface area (Å²) in [6, 6.07) is 14.4. The van der Waals surface area contributed by atoms with Crippen LogP contribution in [0.3, 0.4) is 0 Å². The van der Waals surface area contributed by atoms with Gasteiger partial charge in [0.15, 0.2) is 0 Å². The van der Waals surface area contributed by atoms with Crippen LogP contribution < -0.4 is 10.1 Å². The summed E-state index contributed by atoms with van der Waals surface area (Å²) >= 11 is 0. The molecule has 0 saturated heterocycles. The average molecular weight is 259 g/mol. The third-order valence-electron chi connectivity index (χ3n) is 2.92. The monoisotopic (exact) mass is 259 g/mol. The van der Waals surface area contributed by atoms with Crippen LogP contribution in [0.25, 0.3) is 0 Å². The minimum Gasteiger partial charge on any atom is -0.485 e. The Morgan fingerprint density at radius 3 is 2.79 bits per heavy atom. The molecule has 0 aromatic heterocycles. The van der Waals surface area contributed by atoms with E-state index in [0.29, 0.717) is 12.2 Å². The van der Waals surface area contributed by atoms with Crippen molar-refractivity contribution in [2.45, 2.75) is 19.4 Å². The molecule has 0 amide bonds. The summed E-state index contributed by atoms with van der Waals surface area (Å²) in [7, 11) is 1.87. The maximum absolute atomic E-state index is 7.66. The first kappa shape index (κ1) is 9.16. The Kier molecular flexibility index (Phi) is 3.35. The number of ether oxygens (including phenoxy) is 1. The molecule has 1 atom stereocenters. The lowest BCUT2D eigenvalue weighted by atomic mass is 10.1. The standard InChI is InChI=1S/C17H21NO/c1-14-8-6-7-11-16(14)19-17(12-13-18-2)15-9-4-3-5-10-15/h3-11,17-18H,12-13H2,1-2H3/i1D3,6D. The molecule has 0 fully saturated rings. The van der Waals surface area contributed by atoms with E-state index in [1.54, 1.807) is 12.1 Å². The van der Waals surface area contributed by atoms with Crippen molar-refractivity contribution in [2.24, 2.45) is 0 Å². The highest BCUT2D eigenvalue weighted by Gasteiger charge is 2.13. The molecular formula is C17H21NO. The number of hydrogen-bond acceptors (Lipinski definition) is 2. The lowest BCUT2D eigenvalue weighted by molar-refractivity contribution is 0.193. The van der Waals surface area contributed by atoms with E-state index in [1.807, 2.05) is 37.4 Å². The summed E-state index contributed by atoms with van der Waals surface area (Å²) in [5, 5.41) is 3.09. The number of nitrogens with one attached hydrogen (secondary N) is 1. The van der Waals surface area contributed by atoms with Gasteiger partial charge in [-0.2, -0.15) is 0 Å². The lowest BCUT2D eigenvalue weighted by Gasteiger charge is -2.20. The Hall–Kier alpha value is -1.80. The van der Waals surface area contributed by atoms with Crippen molar-refractivity contribution in [1.29, 1.82) is 0 Å². The van der Waals surface area contributed by atoms with Gasteiger partial charge in [0.2, 0.25) is 0 Å². The van der Waals surface area contributed by atoms with Crippen LogP contribution in [0.1, 0.15) is 29.1 Å². The van der Waals surface area contributed by atoms with E-state index < -0.39 is 6.85 Å². The number of benzene rings is 2. The average Bonchev–Trinajstić information content (AvgIpc) is 2.52. The van der Waals surface area contributed by atoms with Crippen molar-refractivity contribution in [3.63, 3.8) is 0 Å². The van der Waals surface area contributed by atoms with Crippen LogP contribution in [0.2, 0.25) is 0 Å². The molecule has 2 rings (SSSR count). The molecule has 1 unspecified atom stereocenters. The maximum atomic E-state index is 7.66. The van der Waals surface area contributed by atoms with Gasteiger partial charge in [0.05, 0.1) is 1.37 Å². The van der Waals surface area contributed by atoms with Gasteiger partial charge in [-0.05, 0) is 37.6 Å². The molecule has 0 heterocycles. The number of hydrogen-bond donors (Lipinski definition) is 1. The lowest BCUT2D eigenvalue weighted by Crippen LogP contribution is -2.16. The first-order valence-corrected chi connectivity index (χ1v) is 6.39. The zero-order valence-electron chi connectivity index (χ0n) is 15.0.